The van der Waals surface area contributed by atoms with Crippen molar-refractivity contribution in [1.82, 2.24) is 15.2 Å². The van der Waals surface area contributed by atoms with Gasteiger partial charge in [0.1, 0.15) is 5.82 Å². The first-order chi connectivity index (χ1) is 13.1. The second-order valence-corrected chi connectivity index (χ2v) is 6.16. The van der Waals surface area contributed by atoms with Crippen LogP contribution in [0.5, 0.6) is 0 Å². The molecule has 0 aliphatic carbocycles. The zero-order chi connectivity index (χ0) is 18.8. The number of nitrogens with one attached hydrogen (secondary N) is 3. The van der Waals surface area contributed by atoms with Gasteiger partial charge in [-0.25, -0.2) is 9.18 Å². The summed E-state index contributed by atoms with van der Waals surface area (Å²) in [6.07, 6.45) is 5.24. The van der Waals surface area contributed by atoms with Crippen LogP contribution in [0.4, 0.5) is 20.6 Å². The molecule has 134 valence electrons. The highest BCUT2D eigenvalue weighted by atomic mass is 19.1. The Balaban J connectivity index is 1.50. The standard InChI is InChI=1S/C20H16FN5O/c1-12-2-7-17(21)18(8-12)25-20(27)24-14-5-3-13(4-6-14)15-9-22-11-19-16(15)10-23-26-19/h2-11H,1H3,(H,23,26)(H2,24,25,27). The van der Waals surface area contributed by atoms with E-state index >= 15 is 0 Å². The number of hydrogen-bond acceptors (Lipinski definition) is 3. The zero-order valence-corrected chi connectivity index (χ0v) is 14.5. The van der Waals surface area contributed by atoms with Crippen LogP contribution >= 0.6 is 0 Å². The molecule has 6 nitrogen and oxygen atoms in total. The van der Waals surface area contributed by atoms with Crippen LogP contribution in [0.1, 0.15) is 5.56 Å². The first kappa shape index (κ1) is 16.7. The Hall–Kier alpha value is -3.74. The Morgan fingerprint density at radius 3 is 2.67 bits per heavy atom. The molecule has 3 N–H and O–H groups in total. The predicted molar refractivity (Wildman–Crippen MR) is 103 cm³/mol. The van der Waals surface area contributed by atoms with E-state index in [1.807, 2.05) is 19.1 Å². The normalized spacial score (nSPS) is 10.7. The Morgan fingerprint density at radius 2 is 1.85 bits per heavy atom. The van der Waals surface area contributed by atoms with Crippen LogP contribution in [0.3, 0.4) is 0 Å². The van der Waals surface area contributed by atoms with E-state index in [-0.39, 0.29) is 5.69 Å². The molecule has 2 heterocycles. The summed E-state index contributed by atoms with van der Waals surface area (Å²) < 4.78 is 13.8. The number of benzene rings is 2. The molecular weight excluding hydrogens is 345 g/mol. The van der Waals surface area contributed by atoms with Crippen molar-refractivity contribution in [2.75, 3.05) is 10.6 Å². The maximum Gasteiger partial charge on any atom is 0.323 e. The van der Waals surface area contributed by atoms with Crippen molar-refractivity contribution in [2.45, 2.75) is 6.92 Å². The molecule has 0 atom stereocenters. The number of aromatic amines is 1. The van der Waals surface area contributed by atoms with Gasteiger partial charge in [-0.3, -0.25) is 10.1 Å². The maximum absolute atomic E-state index is 13.8. The number of H-pyrrole nitrogens is 1. The van der Waals surface area contributed by atoms with Gasteiger partial charge in [0.2, 0.25) is 0 Å². The lowest BCUT2D eigenvalue weighted by Crippen LogP contribution is -2.20. The van der Waals surface area contributed by atoms with Crippen LogP contribution in [0, 0.1) is 12.7 Å². The van der Waals surface area contributed by atoms with Crippen molar-refractivity contribution in [3.05, 3.63) is 72.4 Å². The third-order valence-electron chi connectivity index (χ3n) is 4.19. The lowest BCUT2D eigenvalue weighted by atomic mass is 10.0. The molecule has 0 fully saturated rings. The quantitative estimate of drug-likeness (QED) is 0.494. The molecule has 4 rings (SSSR count). The van der Waals surface area contributed by atoms with Crippen molar-refractivity contribution in [3.8, 4) is 11.1 Å². The first-order valence-corrected chi connectivity index (χ1v) is 8.32. The lowest BCUT2D eigenvalue weighted by molar-refractivity contribution is 0.262. The van der Waals surface area contributed by atoms with Crippen LogP contribution in [0.15, 0.2) is 61.1 Å². The second kappa shape index (κ2) is 6.87. The molecule has 0 aliphatic heterocycles. The predicted octanol–water partition coefficient (Wildman–Crippen LogP) is 4.72. The summed E-state index contributed by atoms with van der Waals surface area (Å²) in [6, 6.07) is 11.4. The third-order valence-corrected chi connectivity index (χ3v) is 4.19. The summed E-state index contributed by atoms with van der Waals surface area (Å²) in [6.45, 7) is 1.83. The minimum absolute atomic E-state index is 0.141. The monoisotopic (exact) mass is 361 g/mol. The van der Waals surface area contributed by atoms with Crippen LogP contribution in [-0.4, -0.2) is 21.2 Å². The van der Waals surface area contributed by atoms with Gasteiger partial charge in [0.15, 0.2) is 0 Å². The van der Waals surface area contributed by atoms with E-state index in [1.54, 1.807) is 42.9 Å². The van der Waals surface area contributed by atoms with E-state index in [1.165, 1.54) is 6.07 Å². The van der Waals surface area contributed by atoms with E-state index < -0.39 is 11.8 Å². The minimum Gasteiger partial charge on any atom is -0.308 e. The summed E-state index contributed by atoms with van der Waals surface area (Å²) >= 11 is 0. The van der Waals surface area contributed by atoms with Gasteiger partial charge >= 0.3 is 6.03 Å². The summed E-state index contributed by atoms with van der Waals surface area (Å²) in [7, 11) is 0. The van der Waals surface area contributed by atoms with Crippen molar-refractivity contribution in [3.63, 3.8) is 0 Å². The van der Waals surface area contributed by atoms with E-state index in [4.69, 9.17) is 0 Å². The van der Waals surface area contributed by atoms with Crippen molar-refractivity contribution >= 4 is 28.3 Å². The number of aryl methyl sites for hydroxylation is 1. The molecule has 0 saturated heterocycles. The number of amides is 2. The number of pyridine rings is 1. The number of carbonyl (C=O) groups is 1. The number of anilines is 2. The van der Waals surface area contributed by atoms with Crippen LogP contribution < -0.4 is 10.6 Å². The number of aromatic nitrogens is 3. The summed E-state index contributed by atoms with van der Waals surface area (Å²) in [5.74, 6) is -0.480. The van der Waals surface area contributed by atoms with E-state index in [0.29, 0.717) is 5.69 Å². The Labute approximate surface area is 154 Å². The van der Waals surface area contributed by atoms with Gasteiger partial charge in [-0.15, -0.1) is 0 Å². The molecule has 2 aromatic heterocycles. The summed E-state index contributed by atoms with van der Waals surface area (Å²) in [5.41, 5.74) is 4.34. The number of halogens is 1. The third kappa shape index (κ3) is 3.48. The largest absolute Gasteiger partial charge is 0.323 e. The van der Waals surface area contributed by atoms with Gasteiger partial charge in [0.25, 0.3) is 0 Å². The van der Waals surface area contributed by atoms with Crippen molar-refractivity contribution < 1.29 is 9.18 Å². The maximum atomic E-state index is 13.8. The second-order valence-electron chi connectivity index (χ2n) is 6.16. The van der Waals surface area contributed by atoms with Crippen LogP contribution in [0.2, 0.25) is 0 Å². The van der Waals surface area contributed by atoms with E-state index in [0.717, 1.165) is 27.6 Å². The van der Waals surface area contributed by atoms with Gasteiger partial charge in [-0.05, 0) is 42.3 Å². The van der Waals surface area contributed by atoms with Crippen molar-refractivity contribution in [1.29, 1.82) is 0 Å². The average Bonchev–Trinajstić information content (AvgIpc) is 3.14. The van der Waals surface area contributed by atoms with Gasteiger partial charge in [-0.2, -0.15) is 5.10 Å². The molecule has 0 spiro atoms. The zero-order valence-electron chi connectivity index (χ0n) is 14.5. The fraction of sp³-hybridized carbons (Fsp3) is 0.0500. The number of carbonyl (C=O) groups excluding carboxylic acids is 1. The van der Waals surface area contributed by atoms with Gasteiger partial charge in [0.05, 0.1) is 23.6 Å². The molecule has 0 radical (unpaired) electrons. The number of fused-ring (bicyclic) bond motifs is 1. The Kier molecular flexibility index (Phi) is 4.25. The fourth-order valence-corrected chi connectivity index (χ4v) is 2.85. The molecule has 7 heteroatoms. The molecule has 0 unspecified atom stereocenters. The van der Waals surface area contributed by atoms with Crippen LogP contribution in [-0.2, 0) is 0 Å². The van der Waals surface area contributed by atoms with Gasteiger partial charge < -0.3 is 10.6 Å². The molecular formula is C20H16FN5O. The number of hydrogen-bond donors (Lipinski definition) is 3. The smallest absolute Gasteiger partial charge is 0.308 e. The average molecular weight is 361 g/mol. The highest BCUT2D eigenvalue weighted by Gasteiger charge is 2.09. The number of nitrogens with zero attached hydrogens (tertiary/aromatic N) is 2. The topological polar surface area (TPSA) is 82.7 Å². The molecule has 0 aliphatic rings. The SMILES string of the molecule is Cc1ccc(F)c(NC(=O)Nc2ccc(-c3cncc4[nH]ncc34)cc2)c1. The Bertz CT molecular complexity index is 1120. The van der Waals surface area contributed by atoms with E-state index in [2.05, 4.69) is 25.8 Å². The first-order valence-electron chi connectivity index (χ1n) is 8.32. The van der Waals surface area contributed by atoms with E-state index in [9.17, 15) is 9.18 Å². The van der Waals surface area contributed by atoms with Gasteiger partial charge in [0, 0.05) is 22.8 Å². The molecule has 2 aromatic carbocycles. The summed E-state index contributed by atoms with van der Waals surface area (Å²) in [4.78, 5) is 16.3. The minimum atomic E-state index is -0.508. The highest BCUT2D eigenvalue weighted by Crippen LogP contribution is 2.27. The van der Waals surface area contributed by atoms with Crippen LogP contribution in [0.25, 0.3) is 22.0 Å². The Morgan fingerprint density at radius 1 is 1.04 bits per heavy atom. The molecule has 2 amide bonds. The molecule has 27 heavy (non-hydrogen) atoms. The molecule has 0 bridgehead atoms. The number of urea groups is 1. The molecule has 4 aromatic rings. The van der Waals surface area contributed by atoms with Gasteiger partial charge in [-0.1, -0.05) is 18.2 Å². The fourth-order valence-electron chi connectivity index (χ4n) is 2.85. The molecule has 0 saturated carbocycles. The summed E-state index contributed by atoms with van der Waals surface area (Å²) in [5, 5.41) is 13.1. The lowest BCUT2D eigenvalue weighted by Gasteiger charge is -2.10. The van der Waals surface area contributed by atoms with Crippen molar-refractivity contribution in [2.24, 2.45) is 0 Å². The highest BCUT2D eigenvalue weighted by molar-refractivity contribution is 6.00. The number of rotatable bonds is 3.